The normalized spacial score (nSPS) is 14.1. The monoisotopic (exact) mass is 414 g/mol. The maximum atomic E-state index is 14.0. The van der Waals surface area contributed by atoms with Gasteiger partial charge in [0.1, 0.15) is 5.82 Å². The summed E-state index contributed by atoms with van der Waals surface area (Å²) in [5.74, 6) is -0.309. The molecule has 0 unspecified atom stereocenters. The highest BCUT2D eigenvalue weighted by Gasteiger charge is 2.16. The Bertz CT molecular complexity index is 1220. The highest BCUT2D eigenvalue weighted by molar-refractivity contribution is 5.97. The second-order valence-corrected chi connectivity index (χ2v) is 7.61. The van der Waals surface area contributed by atoms with Crippen LogP contribution in [0.3, 0.4) is 0 Å². The van der Waals surface area contributed by atoms with Crippen molar-refractivity contribution in [3.05, 3.63) is 78.2 Å². The van der Waals surface area contributed by atoms with E-state index < -0.39 is 0 Å². The molecular formula is C25H23FN4O. The van der Waals surface area contributed by atoms with E-state index in [4.69, 9.17) is 9.72 Å². The van der Waals surface area contributed by atoms with Crippen molar-refractivity contribution in [3.8, 4) is 11.4 Å². The quantitative estimate of drug-likeness (QED) is 0.490. The number of ether oxygens (including phenoxy) is 1. The summed E-state index contributed by atoms with van der Waals surface area (Å²) < 4.78 is 19.5. The molecular weight excluding hydrogens is 391 g/mol. The smallest absolute Gasteiger partial charge is 0.125 e. The number of hydrogen-bond donors (Lipinski definition) is 1. The number of fused-ring (bicyclic) bond motifs is 1. The van der Waals surface area contributed by atoms with Crippen molar-refractivity contribution in [1.82, 2.24) is 9.97 Å². The van der Waals surface area contributed by atoms with Gasteiger partial charge in [-0.1, -0.05) is 12.1 Å². The van der Waals surface area contributed by atoms with Crippen LogP contribution >= 0.6 is 0 Å². The zero-order valence-electron chi connectivity index (χ0n) is 17.3. The fourth-order valence-corrected chi connectivity index (χ4v) is 3.99. The largest absolute Gasteiger partial charge is 0.378 e. The van der Waals surface area contributed by atoms with Gasteiger partial charge in [-0.15, -0.1) is 0 Å². The van der Waals surface area contributed by atoms with Gasteiger partial charge in [-0.3, -0.25) is 4.98 Å². The number of nitrogens with zero attached hydrogens (tertiary/aromatic N) is 3. The van der Waals surface area contributed by atoms with Gasteiger partial charge in [-0.2, -0.15) is 0 Å². The first-order valence-corrected chi connectivity index (χ1v) is 10.4. The van der Waals surface area contributed by atoms with Gasteiger partial charge >= 0.3 is 0 Å². The Morgan fingerprint density at radius 2 is 1.87 bits per heavy atom. The fraction of sp³-hybridized carbons (Fsp3) is 0.200. The van der Waals surface area contributed by atoms with Crippen LogP contribution in [0.15, 0.2) is 66.9 Å². The summed E-state index contributed by atoms with van der Waals surface area (Å²) in [5, 5.41) is 4.45. The van der Waals surface area contributed by atoms with E-state index in [1.807, 2.05) is 37.3 Å². The minimum Gasteiger partial charge on any atom is -0.378 e. The SMILES string of the molecule is Cc1c(-c2ccccn2)nc2cc(F)ccc2c1Nc1cccc(N2CCOCC2)c1. The Balaban J connectivity index is 1.60. The van der Waals surface area contributed by atoms with Gasteiger partial charge in [0.15, 0.2) is 0 Å². The van der Waals surface area contributed by atoms with Crippen LogP contribution in [0.4, 0.5) is 21.5 Å². The van der Waals surface area contributed by atoms with Crippen LogP contribution in [0.25, 0.3) is 22.3 Å². The molecule has 5 nitrogen and oxygen atoms in total. The molecule has 0 saturated carbocycles. The molecule has 156 valence electrons. The molecule has 2 aromatic heterocycles. The number of anilines is 3. The van der Waals surface area contributed by atoms with E-state index in [1.165, 1.54) is 12.1 Å². The molecule has 1 N–H and O–H groups in total. The molecule has 0 atom stereocenters. The summed E-state index contributed by atoms with van der Waals surface area (Å²) in [5.41, 5.74) is 6.09. The summed E-state index contributed by atoms with van der Waals surface area (Å²) in [6.45, 7) is 5.26. The molecule has 0 aliphatic carbocycles. The minimum absolute atomic E-state index is 0.309. The number of halogens is 1. The molecule has 0 bridgehead atoms. The van der Waals surface area contributed by atoms with Crippen molar-refractivity contribution in [2.75, 3.05) is 36.5 Å². The zero-order chi connectivity index (χ0) is 21.2. The van der Waals surface area contributed by atoms with E-state index in [-0.39, 0.29) is 5.82 Å². The summed E-state index contributed by atoms with van der Waals surface area (Å²) >= 11 is 0. The number of benzene rings is 2. The summed E-state index contributed by atoms with van der Waals surface area (Å²) in [6, 6.07) is 18.8. The second kappa shape index (κ2) is 8.32. The topological polar surface area (TPSA) is 50.3 Å². The number of pyridine rings is 2. The molecule has 31 heavy (non-hydrogen) atoms. The van der Waals surface area contributed by atoms with E-state index in [2.05, 4.69) is 27.3 Å². The predicted octanol–water partition coefficient (Wildman–Crippen LogP) is 5.32. The van der Waals surface area contributed by atoms with Crippen molar-refractivity contribution in [2.45, 2.75) is 6.92 Å². The van der Waals surface area contributed by atoms with Crippen LogP contribution in [-0.2, 0) is 4.74 Å². The lowest BCUT2D eigenvalue weighted by Crippen LogP contribution is -2.36. The Kier molecular flexibility index (Phi) is 5.22. The molecule has 0 radical (unpaired) electrons. The molecule has 1 aliphatic heterocycles. The van der Waals surface area contributed by atoms with Crippen LogP contribution < -0.4 is 10.2 Å². The number of hydrogen-bond acceptors (Lipinski definition) is 5. The second-order valence-electron chi connectivity index (χ2n) is 7.61. The lowest BCUT2D eigenvalue weighted by atomic mass is 10.0. The summed E-state index contributed by atoms with van der Waals surface area (Å²) in [7, 11) is 0. The summed E-state index contributed by atoms with van der Waals surface area (Å²) in [6.07, 6.45) is 1.74. The van der Waals surface area contributed by atoms with Gasteiger partial charge in [-0.25, -0.2) is 9.37 Å². The first-order valence-electron chi connectivity index (χ1n) is 10.4. The number of nitrogens with one attached hydrogen (secondary N) is 1. The Labute approximate surface area is 180 Å². The Morgan fingerprint density at radius 3 is 2.68 bits per heavy atom. The molecule has 6 heteroatoms. The van der Waals surface area contributed by atoms with Crippen LogP contribution in [0.1, 0.15) is 5.56 Å². The number of aromatic nitrogens is 2. The summed E-state index contributed by atoms with van der Waals surface area (Å²) in [4.78, 5) is 11.5. The Morgan fingerprint density at radius 1 is 1.00 bits per heavy atom. The predicted molar refractivity (Wildman–Crippen MR) is 122 cm³/mol. The molecule has 5 rings (SSSR count). The number of morpholine rings is 1. The Hall–Kier alpha value is -3.51. The molecule has 0 amide bonds. The van der Waals surface area contributed by atoms with Gasteiger partial charge in [-0.05, 0) is 49.4 Å². The van der Waals surface area contributed by atoms with Crippen molar-refractivity contribution in [2.24, 2.45) is 0 Å². The van der Waals surface area contributed by atoms with Crippen LogP contribution in [-0.4, -0.2) is 36.3 Å². The van der Waals surface area contributed by atoms with E-state index in [1.54, 1.807) is 12.3 Å². The maximum Gasteiger partial charge on any atom is 0.125 e. The van der Waals surface area contributed by atoms with Crippen LogP contribution in [0.2, 0.25) is 0 Å². The molecule has 3 heterocycles. The average Bonchev–Trinajstić information content (AvgIpc) is 2.82. The van der Waals surface area contributed by atoms with Crippen molar-refractivity contribution in [1.29, 1.82) is 0 Å². The zero-order valence-corrected chi connectivity index (χ0v) is 17.3. The molecule has 1 saturated heterocycles. The standard InChI is InChI=1S/C25H23FN4O/c1-17-24(28-19-5-4-6-20(16-19)30-11-13-31-14-12-30)21-9-8-18(26)15-23(21)29-25(17)22-7-2-3-10-27-22/h2-10,15-16H,11-14H2,1H3,(H,28,29). The maximum absolute atomic E-state index is 14.0. The van der Waals surface area contributed by atoms with Crippen LogP contribution in [0.5, 0.6) is 0 Å². The number of rotatable bonds is 4. The lowest BCUT2D eigenvalue weighted by Gasteiger charge is -2.29. The van der Waals surface area contributed by atoms with Crippen molar-refractivity contribution >= 4 is 28.0 Å². The van der Waals surface area contributed by atoms with Crippen LogP contribution in [0, 0.1) is 12.7 Å². The van der Waals surface area contributed by atoms with Gasteiger partial charge in [0.25, 0.3) is 0 Å². The van der Waals surface area contributed by atoms with Gasteiger partial charge in [0.05, 0.1) is 35.8 Å². The highest BCUT2D eigenvalue weighted by atomic mass is 19.1. The van der Waals surface area contributed by atoms with E-state index in [0.29, 0.717) is 5.52 Å². The molecule has 0 spiro atoms. The van der Waals surface area contributed by atoms with Gasteiger partial charge in [0.2, 0.25) is 0 Å². The van der Waals surface area contributed by atoms with Gasteiger partial charge < -0.3 is 15.0 Å². The van der Waals surface area contributed by atoms with Crippen molar-refractivity contribution in [3.63, 3.8) is 0 Å². The third-order valence-electron chi connectivity index (χ3n) is 5.59. The average molecular weight is 414 g/mol. The molecule has 1 fully saturated rings. The lowest BCUT2D eigenvalue weighted by molar-refractivity contribution is 0.122. The van der Waals surface area contributed by atoms with Gasteiger partial charge in [0, 0.05) is 47.7 Å². The van der Waals surface area contributed by atoms with E-state index in [0.717, 1.165) is 65.7 Å². The first kappa shape index (κ1) is 19.5. The highest BCUT2D eigenvalue weighted by Crippen LogP contribution is 2.35. The fourth-order valence-electron chi connectivity index (χ4n) is 3.99. The van der Waals surface area contributed by atoms with Crippen molar-refractivity contribution < 1.29 is 9.13 Å². The van der Waals surface area contributed by atoms with E-state index >= 15 is 0 Å². The third-order valence-corrected chi connectivity index (χ3v) is 5.59. The third kappa shape index (κ3) is 3.94. The molecule has 1 aliphatic rings. The minimum atomic E-state index is -0.309. The first-order chi connectivity index (χ1) is 15.2. The molecule has 4 aromatic rings. The molecule has 2 aromatic carbocycles. The van der Waals surface area contributed by atoms with E-state index in [9.17, 15) is 4.39 Å².